The molecule has 0 heterocycles. The van der Waals surface area contributed by atoms with Crippen LogP contribution in [0.1, 0.15) is 32.6 Å². The summed E-state index contributed by atoms with van der Waals surface area (Å²) in [5.41, 5.74) is 0.679. The maximum Gasteiger partial charge on any atom is 0.233 e. The van der Waals surface area contributed by atoms with Crippen LogP contribution in [0.3, 0.4) is 0 Å². The zero-order chi connectivity index (χ0) is 14.1. The number of hydrogen-bond donors (Lipinski definition) is 2. The Morgan fingerprint density at radius 3 is 2.68 bits per heavy atom. The predicted molar refractivity (Wildman–Crippen MR) is 79.9 cm³/mol. The molecule has 0 fully saturated rings. The lowest BCUT2D eigenvalue weighted by Crippen LogP contribution is -2.28. The quantitative estimate of drug-likeness (QED) is 0.597. The lowest BCUT2D eigenvalue weighted by atomic mass is 10.2. The van der Waals surface area contributed by atoms with E-state index in [4.69, 9.17) is 0 Å². The van der Waals surface area contributed by atoms with E-state index in [9.17, 15) is 9.59 Å². The summed E-state index contributed by atoms with van der Waals surface area (Å²) in [6.45, 7) is 2.74. The van der Waals surface area contributed by atoms with E-state index in [0.717, 1.165) is 23.7 Å². The van der Waals surface area contributed by atoms with Gasteiger partial charge in [-0.15, -0.1) is 0 Å². The minimum atomic E-state index is -0.300. The van der Waals surface area contributed by atoms with Gasteiger partial charge in [0.15, 0.2) is 0 Å². The minimum Gasteiger partial charge on any atom is -0.356 e. The topological polar surface area (TPSA) is 58.2 Å². The maximum absolute atomic E-state index is 11.6. The van der Waals surface area contributed by atoms with Gasteiger partial charge in [-0.25, -0.2) is 0 Å². The highest BCUT2D eigenvalue weighted by atomic mass is 79.9. The molecule has 104 valence electrons. The summed E-state index contributed by atoms with van der Waals surface area (Å²) in [6.07, 6.45) is 3.01. The Balaban J connectivity index is 2.29. The molecule has 0 bridgehead atoms. The zero-order valence-electron chi connectivity index (χ0n) is 11.0. The molecule has 5 heteroatoms. The van der Waals surface area contributed by atoms with Crippen LogP contribution in [-0.2, 0) is 9.59 Å². The predicted octanol–water partition coefficient (Wildman–Crippen LogP) is 3.08. The van der Waals surface area contributed by atoms with E-state index >= 15 is 0 Å². The highest BCUT2D eigenvalue weighted by Crippen LogP contribution is 2.15. The van der Waals surface area contributed by atoms with Gasteiger partial charge in [0.1, 0.15) is 6.42 Å². The minimum absolute atomic E-state index is 0.140. The normalized spacial score (nSPS) is 10.0. The van der Waals surface area contributed by atoms with Crippen molar-refractivity contribution in [3.05, 3.63) is 28.7 Å². The van der Waals surface area contributed by atoms with E-state index in [0.29, 0.717) is 12.2 Å². The molecule has 0 aliphatic heterocycles. The Kier molecular flexibility index (Phi) is 7.18. The molecule has 1 aromatic rings. The lowest BCUT2D eigenvalue weighted by molar-refractivity contribution is -0.126. The zero-order valence-corrected chi connectivity index (χ0v) is 12.6. The second-order valence-corrected chi connectivity index (χ2v) is 5.21. The molecule has 0 aromatic heterocycles. The van der Waals surface area contributed by atoms with E-state index in [1.807, 2.05) is 12.1 Å². The molecule has 2 amide bonds. The summed E-state index contributed by atoms with van der Waals surface area (Å²) >= 11 is 3.32. The molecule has 4 nitrogen and oxygen atoms in total. The third-order valence-corrected chi connectivity index (χ3v) is 3.03. The van der Waals surface area contributed by atoms with Crippen molar-refractivity contribution in [2.45, 2.75) is 32.6 Å². The van der Waals surface area contributed by atoms with Gasteiger partial charge < -0.3 is 10.6 Å². The van der Waals surface area contributed by atoms with Crippen molar-refractivity contribution < 1.29 is 9.59 Å². The number of halogens is 1. The Labute approximate surface area is 122 Å². The molecule has 0 spiro atoms. The average molecular weight is 327 g/mol. The summed E-state index contributed by atoms with van der Waals surface area (Å²) in [4.78, 5) is 23.1. The van der Waals surface area contributed by atoms with E-state index in [-0.39, 0.29) is 18.2 Å². The van der Waals surface area contributed by atoms with Crippen LogP contribution < -0.4 is 10.6 Å². The van der Waals surface area contributed by atoms with Gasteiger partial charge in [0, 0.05) is 16.7 Å². The van der Waals surface area contributed by atoms with Crippen molar-refractivity contribution in [1.82, 2.24) is 5.32 Å². The van der Waals surface area contributed by atoms with Crippen LogP contribution in [0.4, 0.5) is 5.69 Å². The maximum atomic E-state index is 11.6. The first-order valence-electron chi connectivity index (χ1n) is 6.44. The fourth-order valence-corrected chi connectivity index (χ4v) is 1.98. The monoisotopic (exact) mass is 326 g/mol. The Morgan fingerprint density at radius 2 is 2.00 bits per heavy atom. The Morgan fingerprint density at radius 1 is 1.21 bits per heavy atom. The molecule has 0 saturated carbocycles. The molecule has 0 unspecified atom stereocenters. The van der Waals surface area contributed by atoms with Gasteiger partial charge >= 0.3 is 0 Å². The first-order valence-corrected chi connectivity index (χ1v) is 7.23. The first kappa shape index (κ1) is 15.7. The van der Waals surface area contributed by atoms with E-state index in [1.165, 1.54) is 0 Å². The molecular formula is C14H19BrN2O2. The van der Waals surface area contributed by atoms with Crippen LogP contribution in [0.25, 0.3) is 0 Å². The Bertz CT molecular complexity index is 435. The van der Waals surface area contributed by atoms with Crippen molar-refractivity contribution in [1.29, 1.82) is 0 Å². The third-order valence-electron chi connectivity index (χ3n) is 2.53. The number of unbranched alkanes of at least 4 members (excludes halogenated alkanes) is 2. The van der Waals surface area contributed by atoms with E-state index in [2.05, 4.69) is 33.5 Å². The summed E-state index contributed by atoms with van der Waals surface area (Å²) in [7, 11) is 0. The van der Waals surface area contributed by atoms with Crippen LogP contribution in [0.5, 0.6) is 0 Å². The number of hydrogen-bond acceptors (Lipinski definition) is 2. The molecule has 0 aliphatic rings. The first-order chi connectivity index (χ1) is 9.11. The molecule has 1 aromatic carbocycles. The second-order valence-electron chi connectivity index (χ2n) is 4.29. The fourth-order valence-electron chi connectivity index (χ4n) is 1.58. The van der Waals surface area contributed by atoms with Crippen LogP contribution in [0.15, 0.2) is 28.7 Å². The summed E-state index contributed by atoms with van der Waals surface area (Å²) in [5, 5.41) is 5.42. The van der Waals surface area contributed by atoms with Crippen molar-refractivity contribution in [2.24, 2.45) is 0 Å². The van der Waals surface area contributed by atoms with E-state index in [1.54, 1.807) is 12.1 Å². The Hall–Kier alpha value is -1.36. The van der Waals surface area contributed by atoms with Crippen molar-refractivity contribution in [3.8, 4) is 0 Å². The van der Waals surface area contributed by atoms with Crippen molar-refractivity contribution >= 4 is 33.4 Å². The van der Waals surface area contributed by atoms with Gasteiger partial charge in [-0.05, 0) is 24.6 Å². The summed E-state index contributed by atoms with van der Waals surface area (Å²) < 4.78 is 0.884. The number of anilines is 1. The number of rotatable bonds is 7. The van der Waals surface area contributed by atoms with Gasteiger partial charge in [0.25, 0.3) is 0 Å². The molecule has 0 atom stereocenters. The highest BCUT2D eigenvalue weighted by Gasteiger charge is 2.09. The standard InChI is InChI=1S/C14H19BrN2O2/c1-2-3-4-8-16-13(18)10-14(19)17-12-7-5-6-11(15)9-12/h5-7,9H,2-4,8,10H2,1H3,(H,16,18)(H,17,19). The van der Waals surface area contributed by atoms with Crippen molar-refractivity contribution in [3.63, 3.8) is 0 Å². The third kappa shape index (κ3) is 6.96. The van der Waals surface area contributed by atoms with Crippen LogP contribution >= 0.6 is 15.9 Å². The summed E-state index contributed by atoms with van der Waals surface area (Å²) in [5.74, 6) is -0.533. The molecule has 19 heavy (non-hydrogen) atoms. The molecule has 2 N–H and O–H groups in total. The second kappa shape index (κ2) is 8.69. The largest absolute Gasteiger partial charge is 0.356 e. The van der Waals surface area contributed by atoms with E-state index < -0.39 is 0 Å². The number of benzene rings is 1. The lowest BCUT2D eigenvalue weighted by Gasteiger charge is -2.06. The molecular weight excluding hydrogens is 308 g/mol. The SMILES string of the molecule is CCCCCNC(=O)CC(=O)Nc1cccc(Br)c1. The average Bonchev–Trinajstić information content (AvgIpc) is 2.34. The number of amides is 2. The molecule has 0 radical (unpaired) electrons. The van der Waals surface area contributed by atoms with Crippen LogP contribution in [0, 0.1) is 0 Å². The fraction of sp³-hybridized carbons (Fsp3) is 0.429. The van der Waals surface area contributed by atoms with Gasteiger partial charge in [0.2, 0.25) is 11.8 Å². The smallest absolute Gasteiger partial charge is 0.233 e. The van der Waals surface area contributed by atoms with Gasteiger partial charge in [-0.1, -0.05) is 41.8 Å². The van der Waals surface area contributed by atoms with Crippen LogP contribution in [0.2, 0.25) is 0 Å². The van der Waals surface area contributed by atoms with Crippen LogP contribution in [-0.4, -0.2) is 18.4 Å². The van der Waals surface area contributed by atoms with Gasteiger partial charge in [0.05, 0.1) is 0 Å². The number of nitrogens with one attached hydrogen (secondary N) is 2. The molecule has 0 saturated heterocycles. The highest BCUT2D eigenvalue weighted by molar-refractivity contribution is 9.10. The van der Waals surface area contributed by atoms with Gasteiger partial charge in [-0.3, -0.25) is 9.59 Å². The molecule has 0 aliphatic carbocycles. The molecule has 1 rings (SSSR count). The van der Waals surface area contributed by atoms with Gasteiger partial charge in [-0.2, -0.15) is 0 Å². The number of carbonyl (C=O) groups is 2. The number of carbonyl (C=O) groups excluding carboxylic acids is 2. The summed E-state index contributed by atoms with van der Waals surface area (Å²) in [6, 6.07) is 7.26. The van der Waals surface area contributed by atoms with Crippen molar-refractivity contribution in [2.75, 3.05) is 11.9 Å².